The van der Waals surface area contributed by atoms with Gasteiger partial charge in [-0.05, 0) is 18.2 Å². The summed E-state index contributed by atoms with van der Waals surface area (Å²) in [5.41, 5.74) is -1.11. The number of anilines is 1. The zero-order chi connectivity index (χ0) is 14.9. The zero-order valence-electron chi connectivity index (χ0n) is 9.95. The summed E-state index contributed by atoms with van der Waals surface area (Å²) >= 11 is 2.79. The SMILES string of the molecule is Cc1nnc(NC(=O)c2ccc(Br)c(C(F)(F)F)c2)o1. The van der Waals surface area contributed by atoms with Crippen LogP contribution in [0, 0.1) is 6.92 Å². The van der Waals surface area contributed by atoms with Crippen LogP contribution in [-0.2, 0) is 6.18 Å². The highest BCUT2D eigenvalue weighted by atomic mass is 79.9. The molecule has 2 rings (SSSR count). The Morgan fingerprint density at radius 3 is 2.60 bits per heavy atom. The highest BCUT2D eigenvalue weighted by Crippen LogP contribution is 2.35. The smallest absolute Gasteiger partial charge is 0.408 e. The Balaban J connectivity index is 2.27. The number of aromatic nitrogens is 2. The number of hydrogen-bond donors (Lipinski definition) is 1. The number of alkyl halides is 3. The van der Waals surface area contributed by atoms with Crippen molar-refractivity contribution in [2.75, 3.05) is 5.32 Å². The van der Waals surface area contributed by atoms with E-state index in [0.29, 0.717) is 0 Å². The van der Waals surface area contributed by atoms with Gasteiger partial charge in [0.1, 0.15) is 0 Å². The van der Waals surface area contributed by atoms with E-state index in [1.165, 1.54) is 13.0 Å². The third-order valence-electron chi connectivity index (χ3n) is 2.28. The third kappa shape index (κ3) is 3.16. The molecule has 0 aliphatic carbocycles. The van der Waals surface area contributed by atoms with Crippen molar-refractivity contribution in [3.63, 3.8) is 0 Å². The lowest BCUT2D eigenvalue weighted by Gasteiger charge is -2.10. The number of hydrogen-bond acceptors (Lipinski definition) is 4. The van der Waals surface area contributed by atoms with Crippen molar-refractivity contribution in [1.82, 2.24) is 10.2 Å². The van der Waals surface area contributed by atoms with Gasteiger partial charge in [0.2, 0.25) is 5.89 Å². The second kappa shape index (κ2) is 5.23. The number of benzene rings is 1. The molecular weight excluding hydrogens is 343 g/mol. The van der Waals surface area contributed by atoms with Crippen LogP contribution in [-0.4, -0.2) is 16.1 Å². The molecule has 1 aromatic heterocycles. The summed E-state index contributed by atoms with van der Waals surface area (Å²) in [5.74, 6) is -0.543. The lowest BCUT2D eigenvalue weighted by Crippen LogP contribution is -2.14. The summed E-state index contributed by atoms with van der Waals surface area (Å²) < 4.78 is 42.9. The van der Waals surface area contributed by atoms with Crippen molar-refractivity contribution in [2.24, 2.45) is 0 Å². The second-order valence-corrected chi connectivity index (χ2v) is 4.63. The molecule has 2 aromatic rings. The fourth-order valence-corrected chi connectivity index (χ4v) is 1.87. The lowest BCUT2D eigenvalue weighted by molar-refractivity contribution is -0.138. The minimum Gasteiger partial charge on any atom is -0.408 e. The number of carbonyl (C=O) groups is 1. The maximum absolute atomic E-state index is 12.7. The molecule has 20 heavy (non-hydrogen) atoms. The van der Waals surface area contributed by atoms with E-state index in [0.717, 1.165) is 12.1 Å². The Kier molecular flexibility index (Phi) is 3.80. The molecule has 0 aliphatic rings. The fraction of sp³-hybridized carbons (Fsp3) is 0.182. The zero-order valence-corrected chi connectivity index (χ0v) is 11.5. The minimum atomic E-state index is -4.56. The number of rotatable bonds is 2. The first kappa shape index (κ1) is 14.5. The van der Waals surface area contributed by atoms with Crippen molar-refractivity contribution in [3.8, 4) is 0 Å². The average Bonchev–Trinajstić information content (AvgIpc) is 2.73. The van der Waals surface area contributed by atoms with Gasteiger partial charge >= 0.3 is 12.2 Å². The van der Waals surface area contributed by atoms with Gasteiger partial charge in [-0.1, -0.05) is 21.0 Å². The van der Waals surface area contributed by atoms with Gasteiger partial charge in [-0.2, -0.15) is 13.2 Å². The number of amides is 1. The Hall–Kier alpha value is -1.90. The van der Waals surface area contributed by atoms with Crippen molar-refractivity contribution in [3.05, 3.63) is 39.7 Å². The van der Waals surface area contributed by atoms with Crippen molar-refractivity contribution >= 4 is 27.9 Å². The molecule has 0 radical (unpaired) electrons. The number of carbonyl (C=O) groups excluding carboxylic acids is 1. The Bertz CT molecular complexity index is 655. The molecule has 5 nitrogen and oxygen atoms in total. The second-order valence-electron chi connectivity index (χ2n) is 3.77. The Morgan fingerprint density at radius 2 is 2.05 bits per heavy atom. The lowest BCUT2D eigenvalue weighted by atomic mass is 10.1. The quantitative estimate of drug-likeness (QED) is 0.901. The number of halogens is 4. The first-order valence-electron chi connectivity index (χ1n) is 5.25. The van der Waals surface area contributed by atoms with Crippen LogP contribution in [0.25, 0.3) is 0 Å². The molecule has 1 aromatic carbocycles. The van der Waals surface area contributed by atoms with Gasteiger partial charge in [0.05, 0.1) is 5.56 Å². The summed E-state index contributed by atoms with van der Waals surface area (Å²) in [6.45, 7) is 1.52. The Morgan fingerprint density at radius 1 is 1.35 bits per heavy atom. The largest absolute Gasteiger partial charge is 0.417 e. The van der Waals surface area contributed by atoms with Crippen LogP contribution in [0.2, 0.25) is 0 Å². The van der Waals surface area contributed by atoms with Crippen LogP contribution in [0.4, 0.5) is 19.2 Å². The van der Waals surface area contributed by atoms with E-state index in [-0.39, 0.29) is 21.9 Å². The van der Waals surface area contributed by atoms with E-state index in [1.54, 1.807) is 0 Å². The predicted molar refractivity (Wildman–Crippen MR) is 66.1 cm³/mol. The van der Waals surface area contributed by atoms with E-state index in [9.17, 15) is 18.0 Å². The van der Waals surface area contributed by atoms with Gasteiger partial charge in [-0.25, -0.2) is 0 Å². The molecule has 0 aliphatic heterocycles. The number of aryl methyl sites for hydroxylation is 1. The number of nitrogens with zero attached hydrogens (tertiary/aromatic N) is 2. The molecule has 0 bridgehead atoms. The van der Waals surface area contributed by atoms with Crippen LogP contribution in [0.15, 0.2) is 27.1 Å². The van der Waals surface area contributed by atoms with E-state index in [1.807, 2.05) is 0 Å². The van der Waals surface area contributed by atoms with Crippen LogP contribution in [0.1, 0.15) is 21.8 Å². The standard InChI is InChI=1S/C11H7BrF3N3O2/c1-5-17-18-10(20-5)16-9(19)6-2-3-8(12)7(4-6)11(13,14)15/h2-4H,1H3,(H,16,18,19). The molecule has 0 fully saturated rings. The summed E-state index contributed by atoms with van der Waals surface area (Å²) in [6, 6.07) is 2.96. The van der Waals surface area contributed by atoms with Gasteiger partial charge in [-0.3, -0.25) is 10.1 Å². The molecule has 1 N–H and O–H groups in total. The van der Waals surface area contributed by atoms with Gasteiger partial charge in [0, 0.05) is 17.0 Å². The third-order valence-corrected chi connectivity index (χ3v) is 2.97. The first-order valence-corrected chi connectivity index (χ1v) is 6.05. The van der Waals surface area contributed by atoms with E-state index in [4.69, 9.17) is 4.42 Å². The molecule has 0 unspecified atom stereocenters. The topological polar surface area (TPSA) is 68.0 Å². The van der Waals surface area contributed by atoms with Gasteiger partial charge in [0.15, 0.2) is 0 Å². The van der Waals surface area contributed by atoms with E-state index < -0.39 is 17.6 Å². The maximum Gasteiger partial charge on any atom is 0.417 e. The summed E-state index contributed by atoms with van der Waals surface area (Å²) in [4.78, 5) is 11.8. The van der Waals surface area contributed by atoms with Crippen LogP contribution in [0.3, 0.4) is 0 Å². The van der Waals surface area contributed by atoms with Crippen molar-refractivity contribution < 1.29 is 22.4 Å². The van der Waals surface area contributed by atoms with E-state index in [2.05, 4.69) is 31.4 Å². The van der Waals surface area contributed by atoms with E-state index >= 15 is 0 Å². The molecule has 0 spiro atoms. The molecule has 9 heteroatoms. The minimum absolute atomic E-state index is 0.143. The molecule has 1 heterocycles. The van der Waals surface area contributed by atoms with Crippen LogP contribution >= 0.6 is 15.9 Å². The van der Waals surface area contributed by atoms with Gasteiger partial charge in [-0.15, -0.1) is 5.10 Å². The molecule has 0 saturated heterocycles. The highest BCUT2D eigenvalue weighted by molar-refractivity contribution is 9.10. The van der Waals surface area contributed by atoms with Gasteiger partial charge in [0.25, 0.3) is 5.91 Å². The summed E-state index contributed by atoms with van der Waals surface area (Å²) in [6.07, 6.45) is -4.56. The predicted octanol–water partition coefficient (Wildman–Crippen LogP) is 3.41. The Labute approximate surface area is 119 Å². The highest BCUT2D eigenvalue weighted by Gasteiger charge is 2.33. The molecule has 0 atom stereocenters. The maximum atomic E-state index is 12.7. The van der Waals surface area contributed by atoms with Crippen molar-refractivity contribution in [2.45, 2.75) is 13.1 Å². The van der Waals surface area contributed by atoms with Gasteiger partial charge < -0.3 is 4.42 Å². The fourth-order valence-electron chi connectivity index (χ4n) is 1.40. The number of nitrogens with one attached hydrogen (secondary N) is 1. The monoisotopic (exact) mass is 349 g/mol. The molecule has 106 valence electrons. The van der Waals surface area contributed by atoms with Crippen LogP contribution in [0.5, 0.6) is 0 Å². The average molecular weight is 350 g/mol. The molecule has 1 amide bonds. The molecular formula is C11H7BrF3N3O2. The normalized spacial score (nSPS) is 11.4. The molecule has 0 saturated carbocycles. The summed E-state index contributed by atoms with van der Waals surface area (Å²) in [5, 5.41) is 9.22. The van der Waals surface area contributed by atoms with Crippen molar-refractivity contribution in [1.29, 1.82) is 0 Å². The first-order chi connectivity index (χ1) is 9.27. The summed E-state index contributed by atoms with van der Waals surface area (Å²) in [7, 11) is 0. The van der Waals surface area contributed by atoms with Crippen LogP contribution < -0.4 is 5.32 Å².